The van der Waals surface area contributed by atoms with Crippen LogP contribution >= 0.6 is 11.6 Å². The van der Waals surface area contributed by atoms with Gasteiger partial charge in [0.15, 0.2) is 0 Å². The van der Waals surface area contributed by atoms with E-state index in [1.807, 2.05) is 0 Å². The summed E-state index contributed by atoms with van der Waals surface area (Å²) in [5.74, 6) is 1.99. The summed E-state index contributed by atoms with van der Waals surface area (Å²) in [7, 11) is 0. The van der Waals surface area contributed by atoms with E-state index in [4.69, 9.17) is 11.6 Å². The lowest BCUT2D eigenvalue weighted by atomic mass is 10.1. The molecule has 0 N–H and O–H groups in total. The monoisotopic (exact) mass is 250 g/mol. The molecule has 0 amide bonds. The predicted octanol–water partition coefficient (Wildman–Crippen LogP) is 4.30. The first-order valence-corrected chi connectivity index (χ1v) is 6.61. The zero-order valence-electron chi connectivity index (χ0n) is 10.9. The van der Waals surface area contributed by atoms with Crippen molar-refractivity contribution in [3.8, 4) is 0 Å². The first-order chi connectivity index (χ1) is 8.04. The molecule has 2 nitrogen and oxygen atoms in total. The Morgan fingerprint density at radius 2 is 2.00 bits per heavy atom. The van der Waals surface area contributed by atoms with Gasteiger partial charge in [0, 0.05) is 6.04 Å². The summed E-state index contributed by atoms with van der Waals surface area (Å²) in [5.41, 5.74) is 3.50. The van der Waals surface area contributed by atoms with Crippen LogP contribution in [0.2, 0.25) is 0 Å². The summed E-state index contributed by atoms with van der Waals surface area (Å²) in [6.07, 6.45) is 0. The van der Waals surface area contributed by atoms with Crippen molar-refractivity contribution in [2.24, 2.45) is 5.92 Å². The van der Waals surface area contributed by atoms with Crippen LogP contribution in [0.5, 0.6) is 0 Å². The highest BCUT2D eigenvalue weighted by Crippen LogP contribution is 2.27. The van der Waals surface area contributed by atoms with E-state index in [-0.39, 0.29) is 0 Å². The normalized spacial score (nSPS) is 13.5. The average Bonchev–Trinajstić information content (AvgIpc) is 2.65. The molecule has 1 aromatic carbocycles. The molecule has 0 aliphatic carbocycles. The second kappa shape index (κ2) is 4.69. The highest BCUT2D eigenvalue weighted by Gasteiger charge is 2.17. The maximum Gasteiger partial charge on any atom is 0.125 e. The number of halogens is 1. The van der Waals surface area contributed by atoms with Crippen molar-refractivity contribution in [1.82, 2.24) is 9.55 Å². The van der Waals surface area contributed by atoms with Crippen molar-refractivity contribution in [2.75, 3.05) is 0 Å². The summed E-state index contributed by atoms with van der Waals surface area (Å²) in [4.78, 5) is 4.61. The summed E-state index contributed by atoms with van der Waals surface area (Å²) in [6, 6.07) is 6.77. The molecule has 0 radical (unpaired) electrons. The third-order valence-corrected chi connectivity index (χ3v) is 3.65. The molecule has 2 aromatic rings. The molecular weight excluding hydrogens is 232 g/mol. The zero-order valence-corrected chi connectivity index (χ0v) is 11.6. The Bertz CT molecular complexity index is 528. The van der Waals surface area contributed by atoms with Crippen molar-refractivity contribution in [1.29, 1.82) is 0 Å². The van der Waals surface area contributed by atoms with Crippen molar-refractivity contribution in [3.63, 3.8) is 0 Å². The second-order valence-corrected chi connectivity index (χ2v) is 5.28. The highest BCUT2D eigenvalue weighted by atomic mass is 35.5. The number of imidazole rings is 1. The average molecular weight is 251 g/mol. The molecule has 17 heavy (non-hydrogen) atoms. The van der Waals surface area contributed by atoms with E-state index in [0.29, 0.717) is 17.8 Å². The van der Waals surface area contributed by atoms with Gasteiger partial charge in [0.1, 0.15) is 5.82 Å². The summed E-state index contributed by atoms with van der Waals surface area (Å²) >= 11 is 6.01. The summed E-state index contributed by atoms with van der Waals surface area (Å²) in [6.45, 7) is 8.79. The minimum Gasteiger partial charge on any atom is -0.324 e. The van der Waals surface area contributed by atoms with Crippen LogP contribution in [-0.4, -0.2) is 9.55 Å². The van der Waals surface area contributed by atoms with Crippen molar-refractivity contribution in [3.05, 3.63) is 29.6 Å². The van der Waals surface area contributed by atoms with Gasteiger partial charge in [-0.15, -0.1) is 11.6 Å². The third-order valence-electron chi connectivity index (χ3n) is 3.41. The quantitative estimate of drug-likeness (QED) is 0.743. The van der Waals surface area contributed by atoms with Gasteiger partial charge in [-0.3, -0.25) is 0 Å². The predicted molar refractivity (Wildman–Crippen MR) is 73.6 cm³/mol. The fourth-order valence-electron chi connectivity index (χ4n) is 2.10. The molecule has 1 heterocycles. The number of aromatic nitrogens is 2. The van der Waals surface area contributed by atoms with Crippen LogP contribution in [0.4, 0.5) is 0 Å². The molecule has 1 aromatic heterocycles. The number of aryl methyl sites for hydroxylation is 1. The molecule has 3 heteroatoms. The Morgan fingerprint density at radius 3 is 2.59 bits per heavy atom. The van der Waals surface area contributed by atoms with E-state index < -0.39 is 0 Å². The van der Waals surface area contributed by atoms with Crippen LogP contribution in [0.25, 0.3) is 11.0 Å². The number of rotatable bonds is 3. The van der Waals surface area contributed by atoms with Gasteiger partial charge in [0.25, 0.3) is 0 Å². The molecule has 92 valence electrons. The minimum absolute atomic E-state index is 0.413. The molecule has 0 fully saturated rings. The van der Waals surface area contributed by atoms with Gasteiger partial charge in [0.2, 0.25) is 0 Å². The number of nitrogens with zero attached hydrogens (tertiary/aromatic N) is 2. The van der Waals surface area contributed by atoms with Crippen LogP contribution in [0.3, 0.4) is 0 Å². The fraction of sp³-hybridized carbons (Fsp3) is 0.500. The van der Waals surface area contributed by atoms with Gasteiger partial charge >= 0.3 is 0 Å². The van der Waals surface area contributed by atoms with Crippen LogP contribution in [0.1, 0.15) is 38.2 Å². The maximum atomic E-state index is 6.01. The van der Waals surface area contributed by atoms with Gasteiger partial charge < -0.3 is 4.57 Å². The molecule has 0 saturated carbocycles. The Morgan fingerprint density at radius 1 is 1.29 bits per heavy atom. The second-order valence-electron chi connectivity index (χ2n) is 5.01. The molecule has 0 spiro atoms. The lowest BCUT2D eigenvalue weighted by molar-refractivity contribution is 0.409. The van der Waals surface area contributed by atoms with Gasteiger partial charge in [-0.05, 0) is 37.5 Å². The molecule has 0 saturated heterocycles. The zero-order chi connectivity index (χ0) is 12.6. The minimum atomic E-state index is 0.413. The number of alkyl halides is 1. The highest BCUT2D eigenvalue weighted by molar-refractivity contribution is 6.16. The summed E-state index contributed by atoms with van der Waals surface area (Å²) in [5, 5.41) is 0. The van der Waals surface area contributed by atoms with Crippen LogP contribution < -0.4 is 0 Å². The molecule has 1 atom stereocenters. The van der Waals surface area contributed by atoms with Gasteiger partial charge in [0.05, 0.1) is 16.9 Å². The van der Waals surface area contributed by atoms with E-state index in [2.05, 4.69) is 55.4 Å². The first-order valence-electron chi connectivity index (χ1n) is 6.08. The molecule has 1 unspecified atom stereocenters. The Balaban J connectivity index is 2.68. The van der Waals surface area contributed by atoms with E-state index in [1.54, 1.807) is 0 Å². The topological polar surface area (TPSA) is 17.8 Å². The Labute approximate surface area is 108 Å². The first kappa shape index (κ1) is 12.4. The molecular formula is C14H19ClN2. The molecule has 2 rings (SSSR count). The van der Waals surface area contributed by atoms with Gasteiger partial charge in [-0.2, -0.15) is 0 Å². The number of hydrogen-bond acceptors (Lipinski definition) is 1. The van der Waals surface area contributed by atoms with Crippen LogP contribution in [0.15, 0.2) is 18.2 Å². The Kier molecular flexibility index (Phi) is 3.43. The molecule has 0 aliphatic heterocycles. The Hall–Kier alpha value is -1.02. The number of fused-ring (bicyclic) bond motifs is 1. The van der Waals surface area contributed by atoms with Gasteiger partial charge in [-0.25, -0.2) is 4.98 Å². The lowest BCUT2D eigenvalue weighted by Gasteiger charge is -2.20. The van der Waals surface area contributed by atoms with Gasteiger partial charge in [-0.1, -0.05) is 19.9 Å². The van der Waals surface area contributed by atoms with Crippen molar-refractivity contribution in [2.45, 2.75) is 39.6 Å². The SMILES string of the molecule is Cc1ccc2nc(CCl)n(C(C)C(C)C)c2c1. The standard InChI is InChI=1S/C14H19ClN2/c1-9(2)11(4)17-13-7-10(3)5-6-12(13)16-14(17)8-15/h5-7,9,11H,8H2,1-4H3. The van der Waals surface area contributed by atoms with E-state index in [9.17, 15) is 0 Å². The van der Waals surface area contributed by atoms with Crippen LogP contribution in [-0.2, 0) is 5.88 Å². The van der Waals surface area contributed by atoms with E-state index in [1.165, 1.54) is 11.1 Å². The third kappa shape index (κ3) is 2.19. The molecule has 0 bridgehead atoms. The maximum absolute atomic E-state index is 6.01. The number of benzene rings is 1. The molecule has 0 aliphatic rings. The van der Waals surface area contributed by atoms with Crippen LogP contribution in [0, 0.1) is 12.8 Å². The smallest absolute Gasteiger partial charge is 0.125 e. The largest absolute Gasteiger partial charge is 0.324 e. The van der Waals surface area contributed by atoms with Crippen molar-refractivity contribution >= 4 is 22.6 Å². The lowest BCUT2D eigenvalue weighted by Crippen LogP contribution is -2.13. The van der Waals surface area contributed by atoms with E-state index >= 15 is 0 Å². The summed E-state index contributed by atoms with van der Waals surface area (Å²) < 4.78 is 2.28. The fourth-order valence-corrected chi connectivity index (χ4v) is 2.29. The number of hydrogen-bond donors (Lipinski definition) is 0. The van der Waals surface area contributed by atoms with E-state index in [0.717, 1.165) is 11.3 Å². The van der Waals surface area contributed by atoms with Crippen molar-refractivity contribution < 1.29 is 0 Å².